The SMILES string of the molecule is O=C(O)c1cnc(C(CCCc2ccc(C(F)(F)F)cc2)CC2CC2)cn1. The van der Waals surface area contributed by atoms with Crippen LogP contribution in [0.15, 0.2) is 36.7 Å². The van der Waals surface area contributed by atoms with Crippen LogP contribution in [0.4, 0.5) is 13.2 Å². The van der Waals surface area contributed by atoms with Crippen molar-refractivity contribution in [3.05, 3.63) is 59.2 Å². The van der Waals surface area contributed by atoms with Crippen LogP contribution >= 0.6 is 0 Å². The number of nitrogens with zero attached hydrogens (tertiary/aromatic N) is 2. The van der Waals surface area contributed by atoms with Crippen LogP contribution in [0.25, 0.3) is 0 Å². The van der Waals surface area contributed by atoms with E-state index < -0.39 is 17.7 Å². The molecule has 1 aromatic carbocycles. The van der Waals surface area contributed by atoms with Crippen LogP contribution in [0.3, 0.4) is 0 Å². The largest absolute Gasteiger partial charge is 0.476 e. The second-order valence-electron chi connectivity index (χ2n) is 7.09. The van der Waals surface area contributed by atoms with Crippen LogP contribution in [0, 0.1) is 5.92 Å². The van der Waals surface area contributed by atoms with Gasteiger partial charge in [0.05, 0.1) is 17.5 Å². The highest BCUT2D eigenvalue weighted by Crippen LogP contribution is 2.40. The van der Waals surface area contributed by atoms with E-state index in [2.05, 4.69) is 9.97 Å². The zero-order valence-corrected chi connectivity index (χ0v) is 14.7. The van der Waals surface area contributed by atoms with Gasteiger partial charge in [-0.3, -0.25) is 4.98 Å². The maximum absolute atomic E-state index is 12.6. The third kappa shape index (κ3) is 5.52. The Labute approximate surface area is 155 Å². The lowest BCUT2D eigenvalue weighted by molar-refractivity contribution is -0.137. The molecular formula is C20H21F3N2O2. The molecule has 3 rings (SSSR count). The van der Waals surface area contributed by atoms with Gasteiger partial charge >= 0.3 is 12.1 Å². The number of hydrogen-bond donors (Lipinski definition) is 1. The topological polar surface area (TPSA) is 63.1 Å². The molecule has 0 saturated heterocycles. The first kappa shape index (κ1) is 19.3. The number of carboxylic acid groups (broad SMARTS) is 1. The third-order valence-corrected chi connectivity index (χ3v) is 4.92. The minimum atomic E-state index is -4.31. The Bertz CT molecular complexity index is 769. The van der Waals surface area contributed by atoms with Gasteiger partial charge in [0.15, 0.2) is 5.69 Å². The molecule has 0 amide bonds. The molecule has 0 bridgehead atoms. The van der Waals surface area contributed by atoms with E-state index in [1.807, 2.05) is 0 Å². The Kier molecular flexibility index (Phi) is 5.77. The second-order valence-corrected chi connectivity index (χ2v) is 7.09. The molecule has 1 N–H and O–H groups in total. The molecule has 4 nitrogen and oxygen atoms in total. The predicted molar refractivity (Wildman–Crippen MR) is 93.5 cm³/mol. The van der Waals surface area contributed by atoms with Gasteiger partial charge in [0.25, 0.3) is 0 Å². The first-order valence-electron chi connectivity index (χ1n) is 9.04. The molecule has 1 fully saturated rings. The monoisotopic (exact) mass is 378 g/mol. The maximum Gasteiger partial charge on any atom is 0.416 e. The number of rotatable bonds is 8. The van der Waals surface area contributed by atoms with Crippen molar-refractivity contribution in [2.24, 2.45) is 5.92 Å². The molecule has 27 heavy (non-hydrogen) atoms. The molecular weight excluding hydrogens is 357 g/mol. The smallest absolute Gasteiger partial charge is 0.416 e. The number of carboxylic acids is 1. The summed E-state index contributed by atoms with van der Waals surface area (Å²) in [4.78, 5) is 19.1. The fourth-order valence-electron chi connectivity index (χ4n) is 3.21. The summed E-state index contributed by atoms with van der Waals surface area (Å²) in [6, 6.07) is 5.29. The van der Waals surface area contributed by atoms with Gasteiger partial charge in [0, 0.05) is 12.1 Å². The zero-order chi connectivity index (χ0) is 19.4. The highest BCUT2D eigenvalue weighted by Gasteiger charge is 2.30. The van der Waals surface area contributed by atoms with Crippen LogP contribution in [-0.2, 0) is 12.6 Å². The van der Waals surface area contributed by atoms with Gasteiger partial charge in [0.1, 0.15) is 0 Å². The third-order valence-electron chi connectivity index (χ3n) is 4.92. The van der Waals surface area contributed by atoms with Crippen LogP contribution in [0.1, 0.15) is 65.3 Å². The summed E-state index contributed by atoms with van der Waals surface area (Å²) in [6.07, 6.45) is 4.28. The van der Waals surface area contributed by atoms with Gasteiger partial charge in [-0.1, -0.05) is 25.0 Å². The van der Waals surface area contributed by atoms with Crippen molar-refractivity contribution in [2.75, 3.05) is 0 Å². The Morgan fingerprint density at radius 3 is 2.37 bits per heavy atom. The standard InChI is InChI=1S/C20H21F3N2O2/c21-20(22,23)16-8-6-13(7-9-16)2-1-3-15(10-14-4-5-14)17-11-25-18(12-24-17)19(26)27/h6-9,11-12,14-15H,1-5,10H2,(H,26,27). The number of aryl methyl sites for hydroxylation is 1. The minimum absolute atomic E-state index is 0.0753. The van der Waals surface area contributed by atoms with Crippen molar-refractivity contribution in [1.29, 1.82) is 0 Å². The maximum atomic E-state index is 12.6. The number of hydrogen-bond acceptors (Lipinski definition) is 3. The highest BCUT2D eigenvalue weighted by molar-refractivity contribution is 5.84. The highest BCUT2D eigenvalue weighted by atomic mass is 19.4. The van der Waals surface area contributed by atoms with Crippen LogP contribution in [0.2, 0.25) is 0 Å². The average molecular weight is 378 g/mol. The first-order valence-corrected chi connectivity index (χ1v) is 9.04. The van der Waals surface area contributed by atoms with Gasteiger partial charge in [-0.15, -0.1) is 0 Å². The number of carbonyl (C=O) groups is 1. The molecule has 0 aliphatic heterocycles. The molecule has 1 atom stereocenters. The lowest BCUT2D eigenvalue weighted by atomic mass is 9.91. The van der Waals surface area contributed by atoms with Crippen LogP contribution in [0.5, 0.6) is 0 Å². The van der Waals surface area contributed by atoms with Crippen LogP contribution < -0.4 is 0 Å². The summed E-state index contributed by atoms with van der Waals surface area (Å²) in [5.41, 5.74) is 0.958. The normalized spacial score (nSPS) is 15.5. The number of alkyl halides is 3. The lowest BCUT2D eigenvalue weighted by Gasteiger charge is -2.16. The zero-order valence-electron chi connectivity index (χ0n) is 14.7. The van der Waals surface area contributed by atoms with E-state index in [1.54, 1.807) is 0 Å². The molecule has 1 aliphatic rings. The molecule has 1 heterocycles. The summed E-state index contributed by atoms with van der Waals surface area (Å²) in [5, 5.41) is 8.93. The summed E-state index contributed by atoms with van der Waals surface area (Å²) in [6.45, 7) is 0. The van der Waals surface area contributed by atoms with E-state index in [0.29, 0.717) is 12.3 Å². The molecule has 1 saturated carbocycles. The van der Waals surface area contributed by atoms with Crippen molar-refractivity contribution < 1.29 is 23.1 Å². The van der Waals surface area contributed by atoms with Gasteiger partial charge in [-0.05, 0) is 49.3 Å². The molecule has 1 unspecified atom stereocenters. The van der Waals surface area contributed by atoms with Crippen molar-refractivity contribution in [3.8, 4) is 0 Å². The van der Waals surface area contributed by atoms with Gasteiger partial charge in [-0.2, -0.15) is 13.2 Å². The van der Waals surface area contributed by atoms with Crippen molar-refractivity contribution in [3.63, 3.8) is 0 Å². The van der Waals surface area contributed by atoms with Crippen molar-refractivity contribution in [1.82, 2.24) is 9.97 Å². The van der Waals surface area contributed by atoms with E-state index >= 15 is 0 Å². The van der Waals surface area contributed by atoms with Crippen molar-refractivity contribution in [2.45, 2.75) is 50.6 Å². The number of benzene rings is 1. The Morgan fingerprint density at radius 2 is 1.85 bits per heavy atom. The van der Waals surface area contributed by atoms with E-state index in [0.717, 1.165) is 42.7 Å². The van der Waals surface area contributed by atoms with E-state index in [-0.39, 0.29) is 11.6 Å². The van der Waals surface area contributed by atoms with Gasteiger partial charge < -0.3 is 5.11 Å². The number of aromatic nitrogens is 2. The molecule has 144 valence electrons. The second kappa shape index (κ2) is 8.06. The molecule has 0 radical (unpaired) electrons. The quantitative estimate of drug-likeness (QED) is 0.694. The molecule has 1 aliphatic carbocycles. The Hall–Kier alpha value is -2.44. The number of aromatic carboxylic acids is 1. The molecule has 2 aromatic rings. The van der Waals surface area contributed by atoms with Gasteiger partial charge in [0.2, 0.25) is 0 Å². The number of halogens is 3. The van der Waals surface area contributed by atoms with Crippen LogP contribution in [-0.4, -0.2) is 21.0 Å². The Morgan fingerprint density at radius 1 is 1.15 bits per heavy atom. The fourth-order valence-corrected chi connectivity index (χ4v) is 3.21. The van der Waals surface area contributed by atoms with Crippen molar-refractivity contribution >= 4 is 5.97 Å². The molecule has 0 spiro atoms. The summed E-state index contributed by atoms with van der Waals surface area (Å²) < 4.78 is 37.9. The van der Waals surface area contributed by atoms with Gasteiger partial charge in [-0.25, -0.2) is 9.78 Å². The summed E-state index contributed by atoms with van der Waals surface area (Å²) >= 11 is 0. The lowest BCUT2D eigenvalue weighted by Crippen LogP contribution is -2.08. The first-order chi connectivity index (χ1) is 12.8. The van der Waals surface area contributed by atoms with E-state index in [4.69, 9.17) is 5.11 Å². The fraction of sp³-hybridized carbons (Fsp3) is 0.450. The Balaban J connectivity index is 1.59. The van der Waals surface area contributed by atoms with E-state index in [9.17, 15) is 18.0 Å². The molecule has 1 aromatic heterocycles. The van der Waals surface area contributed by atoms with E-state index in [1.165, 1.54) is 37.4 Å². The minimum Gasteiger partial charge on any atom is -0.476 e. The summed E-state index contributed by atoms with van der Waals surface area (Å²) in [7, 11) is 0. The molecule has 7 heteroatoms. The predicted octanol–water partition coefficient (Wildman–Crippen LogP) is 5.10. The average Bonchev–Trinajstić information content (AvgIpc) is 3.45. The summed E-state index contributed by atoms with van der Waals surface area (Å²) in [5.74, 6) is -0.223.